The van der Waals surface area contributed by atoms with E-state index in [2.05, 4.69) is 48.3 Å². The lowest BCUT2D eigenvalue weighted by Crippen LogP contribution is -2.49. The van der Waals surface area contributed by atoms with Crippen LogP contribution in [0, 0.1) is 5.92 Å². The number of hydrogen-bond acceptors (Lipinski definition) is 4. The van der Waals surface area contributed by atoms with Gasteiger partial charge in [-0.15, -0.1) is 0 Å². The smallest absolute Gasteiger partial charge is 0.349 e. The molecule has 1 aliphatic rings. The summed E-state index contributed by atoms with van der Waals surface area (Å²) in [5.41, 5.74) is 2.69. The number of hydrogen-bond donors (Lipinski definition) is 1. The molecule has 1 atom stereocenters. The van der Waals surface area contributed by atoms with Crippen LogP contribution in [0.15, 0.2) is 63.8 Å². The molecule has 1 aliphatic heterocycles. The summed E-state index contributed by atoms with van der Waals surface area (Å²) in [6, 6.07) is 17.5. The molecule has 0 aliphatic carbocycles. The van der Waals surface area contributed by atoms with E-state index in [0.717, 1.165) is 24.9 Å². The third kappa shape index (κ3) is 4.10. The van der Waals surface area contributed by atoms with Crippen molar-refractivity contribution in [1.29, 1.82) is 0 Å². The highest BCUT2D eigenvalue weighted by Crippen LogP contribution is 2.23. The van der Waals surface area contributed by atoms with Crippen molar-refractivity contribution in [1.82, 2.24) is 10.2 Å². The highest BCUT2D eigenvalue weighted by molar-refractivity contribution is 5.96. The number of rotatable bonds is 5. The van der Waals surface area contributed by atoms with Gasteiger partial charge in [-0.05, 0) is 35.6 Å². The zero-order valence-corrected chi connectivity index (χ0v) is 16.9. The van der Waals surface area contributed by atoms with E-state index in [1.807, 2.05) is 12.1 Å². The molecule has 0 radical (unpaired) electrons. The van der Waals surface area contributed by atoms with Gasteiger partial charge in [0.25, 0.3) is 5.91 Å². The van der Waals surface area contributed by atoms with Crippen molar-refractivity contribution in [3.63, 3.8) is 0 Å². The maximum Gasteiger partial charge on any atom is 0.349 e. The second kappa shape index (κ2) is 8.21. The second-order valence-electron chi connectivity index (χ2n) is 8.00. The molecule has 0 saturated heterocycles. The van der Waals surface area contributed by atoms with Crippen LogP contribution in [0.3, 0.4) is 0 Å². The van der Waals surface area contributed by atoms with E-state index in [1.54, 1.807) is 18.2 Å². The second-order valence-corrected chi connectivity index (χ2v) is 8.00. The van der Waals surface area contributed by atoms with Crippen molar-refractivity contribution >= 4 is 16.9 Å². The summed E-state index contributed by atoms with van der Waals surface area (Å²) in [5, 5.41) is 3.71. The summed E-state index contributed by atoms with van der Waals surface area (Å²) < 4.78 is 5.30. The normalized spacial score (nSPS) is 15.3. The lowest BCUT2D eigenvalue weighted by molar-refractivity contribution is 0.0901. The molecule has 4 rings (SSSR count). The molecule has 5 nitrogen and oxygen atoms in total. The van der Waals surface area contributed by atoms with E-state index in [4.69, 9.17) is 4.42 Å². The monoisotopic (exact) mass is 390 g/mol. The fourth-order valence-corrected chi connectivity index (χ4v) is 4.10. The van der Waals surface area contributed by atoms with E-state index in [9.17, 15) is 9.59 Å². The lowest BCUT2D eigenvalue weighted by Gasteiger charge is -2.38. The number of nitrogens with zero attached hydrogens (tertiary/aromatic N) is 1. The lowest BCUT2D eigenvalue weighted by atomic mass is 9.95. The largest absolute Gasteiger partial charge is 0.422 e. The van der Waals surface area contributed by atoms with Gasteiger partial charge in [-0.1, -0.05) is 56.3 Å². The van der Waals surface area contributed by atoms with Gasteiger partial charge < -0.3 is 9.73 Å². The predicted molar refractivity (Wildman–Crippen MR) is 114 cm³/mol. The summed E-state index contributed by atoms with van der Waals surface area (Å²) >= 11 is 0. The first kappa shape index (κ1) is 19.4. The zero-order chi connectivity index (χ0) is 20.4. The molecular formula is C24H26N2O3. The molecule has 1 amide bonds. The van der Waals surface area contributed by atoms with Gasteiger partial charge >= 0.3 is 5.63 Å². The average molecular weight is 390 g/mol. The molecule has 150 valence electrons. The number of fused-ring (bicyclic) bond motifs is 2. The molecule has 1 aromatic heterocycles. The summed E-state index contributed by atoms with van der Waals surface area (Å²) in [6.07, 6.45) is 1.02. The van der Waals surface area contributed by atoms with E-state index in [1.165, 1.54) is 11.1 Å². The fourth-order valence-electron chi connectivity index (χ4n) is 4.10. The fraction of sp³-hybridized carbons (Fsp3) is 0.333. The first-order valence-corrected chi connectivity index (χ1v) is 10.1. The third-order valence-electron chi connectivity index (χ3n) is 5.76. The Labute approximate surface area is 170 Å². The summed E-state index contributed by atoms with van der Waals surface area (Å²) in [7, 11) is 0. The molecule has 2 heterocycles. The Morgan fingerprint density at radius 2 is 1.83 bits per heavy atom. The Morgan fingerprint density at radius 1 is 1.10 bits per heavy atom. The van der Waals surface area contributed by atoms with Gasteiger partial charge in [0.1, 0.15) is 11.1 Å². The minimum atomic E-state index is -0.603. The number of amides is 1. The zero-order valence-electron chi connectivity index (χ0n) is 16.9. The maximum absolute atomic E-state index is 12.7. The number of nitrogens with one attached hydrogen (secondary N) is 1. The van der Waals surface area contributed by atoms with Crippen molar-refractivity contribution in [3.05, 3.63) is 81.7 Å². The van der Waals surface area contributed by atoms with E-state index in [-0.39, 0.29) is 17.5 Å². The number of carbonyl (C=O) groups excluding carboxylic acids is 1. The number of carbonyl (C=O) groups is 1. The average Bonchev–Trinajstić information content (AvgIpc) is 2.73. The maximum atomic E-state index is 12.7. The Bertz CT molecular complexity index is 1090. The molecule has 29 heavy (non-hydrogen) atoms. The topological polar surface area (TPSA) is 62.6 Å². The van der Waals surface area contributed by atoms with E-state index >= 15 is 0 Å². The molecular weight excluding hydrogens is 364 g/mol. The Morgan fingerprint density at radius 3 is 2.62 bits per heavy atom. The quantitative estimate of drug-likeness (QED) is 0.676. The molecule has 2 aromatic carbocycles. The van der Waals surface area contributed by atoms with Gasteiger partial charge in [-0.2, -0.15) is 0 Å². The minimum absolute atomic E-state index is 0.0511. The highest BCUT2D eigenvalue weighted by atomic mass is 16.4. The van der Waals surface area contributed by atoms with Crippen LogP contribution in [0.4, 0.5) is 0 Å². The van der Waals surface area contributed by atoms with Crippen LogP contribution in [-0.2, 0) is 13.0 Å². The van der Waals surface area contributed by atoms with Gasteiger partial charge in [0.05, 0.1) is 0 Å². The predicted octanol–water partition coefficient (Wildman–Crippen LogP) is 3.61. The van der Waals surface area contributed by atoms with Gasteiger partial charge in [-0.25, -0.2) is 4.79 Å². The summed E-state index contributed by atoms with van der Waals surface area (Å²) in [6.45, 7) is 6.68. The SMILES string of the molecule is CC(C)[C@@H](CNC(=O)c1cc2ccccc2oc1=O)N1CCc2ccccc2C1. The van der Waals surface area contributed by atoms with Crippen molar-refractivity contribution in [2.45, 2.75) is 32.9 Å². The molecule has 3 aromatic rings. The molecule has 0 bridgehead atoms. The summed E-state index contributed by atoms with van der Waals surface area (Å²) in [4.78, 5) is 27.4. The van der Waals surface area contributed by atoms with Crippen LogP contribution >= 0.6 is 0 Å². The van der Waals surface area contributed by atoms with Crippen molar-refractivity contribution in [2.24, 2.45) is 5.92 Å². The molecule has 0 unspecified atom stereocenters. The molecule has 5 heteroatoms. The van der Waals surface area contributed by atoms with Crippen LogP contribution in [-0.4, -0.2) is 29.9 Å². The van der Waals surface area contributed by atoms with Crippen LogP contribution in [0.2, 0.25) is 0 Å². The van der Waals surface area contributed by atoms with Gasteiger partial charge in [0, 0.05) is 31.1 Å². The first-order chi connectivity index (χ1) is 14.0. The number of para-hydroxylation sites is 1. The standard InChI is InChI=1S/C24H26N2O3/c1-16(2)21(26-12-11-17-7-3-4-9-19(17)15-26)14-25-23(27)20-13-18-8-5-6-10-22(18)29-24(20)28/h3-10,13,16,21H,11-12,14-15H2,1-2H3,(H,25,27)/t21-/m1/s1. The van der Waals surface area contributed by atoms with E-state index in [0.29, 0.717) is 18.0 Å². The molecule has 1 N–H and O–H groups in total. The van der Waals surface area contributed by atoms with Gasteiger partial charge in [-0.3, -0.25) is 9.69 Å². The van der Waals surface area contributed by atoms with Gasteiger partial charge in [0.2, 0.25) is 0 Å². The Hall–Kier alpha value is -2.92. The van der Waals surface area contributed by atoms with Crippen LogP contribution in [0.5, 0.6) is 0 Å². The van der Waals surface area contributed by atoms with Crippen LogP contribution in [0.25, 0.3) is 11.0 Å². The van der Waals surface area contributed by atoms with Crippen molar-refractivity contribution in [2.75, 3.05) is 13.1 Å². The van der Waals surface area contributed by atoms with E-state index < -0.39 is 5.63 Å². The number of benzene rings is 2. The van der Waals surface area contributed by atoms with Crippen LogP contribution in [0.1, 0.15) is 35.3 Å². The minimum Gasteiger partial charge on any atom is -0.422 e. The Balaban J connectivity index is 1.48. The third-order valence-corrected chi connectivity index (χ3v) is 5.76. The first-order valence-electron chi connectivity index (χ1n) is 10.1. The highest BCUT2D eigenvalue weighted by Gasteiger charge is 2.26. The van der Waals surface area contributed by atoms with Gasteiger partial charge in [0.15, 0.2) is 0 Å². The van der Waals surface area contributed by atoms with Crippen molar-refractivity contribution < 1.29 is 9.21 Å². The molecule has 0 saturated carbocycles. The summed E-state index contributed by atoms with van der Waals surface area (Å²) in [5.74, 6) is -0.0128. The molecule has 0 fully saturated rings. The van der Waals surface area contributed by atoms with Crippen LogP contribution < -0.4 is 10.9 Å². The van der Waals surface area contributed by atoms with Crippen molar-refractivity contribution in [3.8, 4) is 0 Å². The Kier molecular flexibility index (Phi) is 5.49. The molecule has 0 spiro atoms.